The summed E-state index contributed by atoms with van der Waals surface area (Å²) in [4.78, 5) is 2.29. The van der Waals surface area contributed by atoms with Crippen LogP contribution in [-0.4, -0.2) is 14.2 Å². The highest BCUT2D eigenvalue weighted by Crippen LogP contribution is 2.31. The predicted octanol–water partition coefficient (Wildman–Crippen LogP) is 1.24. The molecular formula is C9H13NO2S2. The Balaban J connectivity index is 2.39. The van der Waals surface area contributed by atoms with Crippen LogP contribution in [-0.2, 0) is 22.0 Å². The molecule has 0 spiro atoms. The largest absolute Gasteiger partial charge is 0.324 e. The van der Waals surface area contributed by atoms with E-state index in [1.54, 1.807) is 11.3 Å². The van der Waals surface area contributed by atoms with Gasteiger partial charge in [0.1, 0.15) is 0 Å². The van der Waals surface area contributed by atoms with E-state index in [-0.39, 0.29) is 11.8 Å². The first-order valence-electron chi connectivity index (χ1n) is 4.55. The van der Waals surface area contributed by atoms with Gasteiger partial charge in [0.2, 0.25) is 0 Å². The lowest BCUT2D eigenvalue weighted by Crippen LogP contribution is -2.16. The molecule has 78 valence electrons. The molecule has 2 rings (SSSR count). The zero-order valence-electron chi connectivity index (χ0n) is 7.99. The Morgan fingerprint density at radius 2 is 2.29 bits per heavy atom. The van der Waals surface area contributed by atoms with Gasteiger partial charge >= 0.3 is 0 Å². The van der Waals surface area contributed by atoms with Crippen molar-refractivity contribution in [2.75, 3.05) is 5.75 Å². The lowest BCUT2D eigenvalue weighted by Gasteiger charge is -2.10. The number of rotatable bonds is 1. The van der Waals surface area contributed by atoms with E-state index in [4.69, 9.17) is 5.73 Å². The van der Waals surface area contributed by atoms with Gasteiger partial charge in [0.25, 0.3) is 0 Å². The van der Waals surface area contributed by atoms with Gasteiger partial charge in [-0.05, 0) is 25.0 Å². The maximum Gasteiger partial charge on any atom is 0.154 e. The second kappa shape index (κ2) is 3.32. The van der Waals surface area contributed by atoms with E-state index in [1.165, 1.54) is 4.88 Å². The monoisotopic (exact) mass is 231 g/mol. The van der Waals surface area contributed by atoms with Crippen LogP contribution in [0.3, 0.4) is 0 Å². The highest BCUT2D eigenvalue weighted by atomic mass is 32.2. The highest BCUT2D eigenvalue weighted by molar-refractivity contribution is 7.90. The summed E-state index contributed by atoms with van der Waals surface area (Å²) in [6.07, 6.45) is 0.662. The summed E-state index contributed by atoms with van der Waals surface area (Å²) < 4.78 is 22.7. The molecule has 14 heavy (non-hydrogen) atoms. The molecule has 5 heteroatoms. The molecule has 0 radical (unpaired) electrons. The first-order chi connectivity index (χ1) is 6.48. The quantitative estimate of drug-likeness (QED) is 0.791. The number of hydrogen-bond donors (Lipinski definition) is 1. The highest BCUT2D eigenvalue weighted by Gasteiger charge is 2.23. The fourth-order valence-corrected chi connectivity index (χ4v) is 4.35. The van der Waals surface area contributed by atoms with Crippen molar-refractivity contribution in [3.05, 3.63) is 21.4 Å². The minimum Gasteiger partial charge on any atom is -0.324 e. The van der Waals surface area contributed by atoms with Crippen molar-refractivity contribution in [2.24, 2.45) is 5.73 Å². The normalized spacial score (nSPS) is 21.6. The van der Waals surface area contributed by atoms with Crippen LogP contribution in [0.4, 0.5) is 0 Å². The predicted molar refractivity (Wildman–Crippen MR) is 58.1 cm³/mol. The van der Waals surface area contributed by atoms with Crippen molar-refractivity contribution in [1.82, 2.24) is 0 Å². The van der Waals surface area contributed by atoms with Crippen molar-refractivity contribution < 1.29 is 8.42 Å². The van der Waals surface area contributed by atoms with E-state index in [0.717, 1.165) is 10.4 Å². The zero-order valence-corrected chi connectivity index (χ0v) is 9.62. The summed E-state index contributed by atoms with van der Waals surface area (Å²) in [5.41, 5.74) is 6.72. The second-order valence-electron chi connectivity index (χ2n) is 3.73. The van der Waals surface area contributed by atoms with Gasteiger partial charge < -0.3 is 5.73 Å². The molecule has 0 aromatic carbocycles. The van der Waals surface area contributed by atoms with Crippen LogP contribution in [0.25, 0.3) is 0 Å². The van der Waals surface area contributed by atoms with Crippen LogP contribution in [0.2, 0.25) is 0 Å². The summed E-state index contributed by atoms with van der Waals surface area (Å²) in [6.45, 7) is 1.92. The molecule has 1 aromatic rings. The minimum absolute atomic E-state index is 0.00769. The van der Waals surface area contributed by atoms with Gasteiger partial charge in [-0.15, -0.1) is 11.3 Å². The molecule has 1 atom stereocenters. The van der Waals surface area contributed by atoms with Crippen molar-refractivity contribution in [2.45, 2.75) is 25.1 Å². The van der Waals surface area contributed by atoms with Crippen molar-refractivity contribution in [1.29, 1.82) is 0 Å². The lowest BCUT2D eigenvalue weighted by molar-refractivity contribution is 0.592. The maximum absolute atomic E-state index is 11.4. The molecule has 0 saturated carbocycles. The average Bonchev–Trinajstić information content (AvgIpc) is 2.45. The molecular weight excluding hydrogens is 218 g/mol. The molecule has 0 fully saturated rings. The zero-order chi connectivity index (χ0) is 10.3. The molecule has 2 heterocycles. The van der Waals surface area contributed by atoms with Crippen LogP contribution in [0, 0.1) is 0 Å². The van der Waals surface area contributed by atoms with Crippen LogP contribution < -0.4 is 5.73 Å². The van der Waals surface area contributed by atoms with Crippen molar-refractivity contribution in [3.8, 4) is 0 Å². The van der Waals surface area contributed by atoms with Gasteiger partial charge in [-0.1, -0.05) is 0 Å². The molecule has 0 saturated heterocycles. The van der Waals surface area contributed by atoms with Crippen LogP contribution >= 0.6 is 11.3 Å². The van der Waals surface area contributed by atoms with Gasteiger partial charge in [0.05, 0.1) is 11.5 Å². The number of nitrogens with two attached hydrogens (primary N) is 1. The molecule has 1 aliphatic heterocycles. The first kappa shape index (κ1) is 10.1. The van der Waals surface area contributed by atoms with Gasteiger partial charge in [0.15, 0.2) is 9.84 Å². The van der Waals surface area contributed by atoms with Crippen LogP contribution in [0.15, 0.2) is 6.07 Å². The Labute approximate surface area is 87.9 Å². The maximum atomic E-state index is 11.4. The molecule has 1 unspecified atom stereocenters. The topological polar surface area (TPSA) is 60.2 Å². The second-order valence-corrected chi connectivity index (χ2v) is 7.08. The first-order valence-corrected chi connectivity index (χ1v) is 7.19. The summed E-state index contributed by atoms with van der Waals surface area (Å²) >= 11 is 1.65. The Morgan fingerprint density at radius 1 is 1.57 bits per heavy atom. The minimum atomic E-state index is -2.84. The number of sulfone groups is 1. The summed E-state index contributed by atoms with van der Waals surface area (Å²) in [5, 5.41) is 0. The van der Waals surface area contributed by atoms with E-state index < -0.39 is 9.84 Å². The molecule has 1 aliphatic rings. The van der Waals surface area contributed by atoms with E-state index in [0.29, 0.717) is 12.2 Å². The van der Waals surface area contributed by atoms with E-state index in [9.17, 15) is 8.42 Å². The van der Waals surface area contributed by atoms with Gasteiger partial charge in [-0.2, -0.15) is 0 Å². The fraction of sp³-hybridized carbons (Fsp3) is 0.556. The van der Waals surface area contributed by atoms with Crippen LogP contribution in [0.1, 0.15) is 28.3 Å². The number of thiophene rings is 1. The Kier molecular flexibility index (Phi) is 2.41. The molecule has 0 bridgehead atoms. The van der Waals surface area contributed by atoms with E-state index >= 15 is 0 Å². The summed E-state index contributed by atoms with van der Waals surface area (Å²) in [5.74, 6) is 0.491. The lowest BCUT2D eigenvalue weighted by atomic mass is 10.2. The molecule has 1 aromatic heterocycles. The Morgan fingerprint density at radius 3 is 2.93 bits per heavy atom. The fourth-order valence-electron chi connectivity index (χ4n) is 1.60. The summed E-state index contributed by atoms with van der Waals surface area (Å²) in [7, 11) is -2.84. The van der Waals surface area contributed by atoms with E-state index in [1.807, 2.05) is 13.0 Å². The third kappa shape index (κ3) is 1.85. The number of aryl methyl sites for hydroxylation is 1. The summed E-state index contributed by atoms with van der Waals surface area (Å²) in [6, 6.07) is 1.95. The number of fused-ring (bicyclic) bond motifs is 1. The molecule has 0 aliphatic carbocycles. The van der Waals surface area contributed by atoms with Gasteiger partial charge in [-0.25, -0.2) is 8.42 Å². The Hall–Kier alpha value is -0.390. The van der Waals surface area contributed by atoms with Gasteiger partial charge in [-0.3, -0.25) is 0 Å². The number of hydrogen-bond acceptors (Lipinski definition) is 4. The smallest absolute Gasteiger partial charge is 0.154 e. The van der Waals surface area contributed by atoms with Crippen LogP contribution in [0.5, 0.6) is 0 Å². The Bertz CT molecular complexity index is 445. The average molecular weight is 231 g/mol. The van der Waals surface area contributed by atoms with Crippen molar-refractivity contribution >= 4 is 21.2 Å². The third-order valence-electron chi connectivity index (χ3n) is 2.38. The van der Waals surface area contributed by atoms with E-state index in [2.05, 4.69) is 0 Å². The molecule has 2 N–H and O–H groups in total. The SMILES string of the molecule is CC(N)c1cc2c(s1)CCS(=O)(=O)C2. The van der Waals surface area contributed by atoms with Gasteiger partial charge in [0, 0.05) is 15.8 Å². The standard InChI is InChI=1S/C9H13NO2S2/c1-6(10)9-4-7-5-14(11,12)3-2-8(7)13-9/h4,6H,2-3,5,10H2,1H3. The van der Waals surface area contributed by atoms with Crippen molar-refractivity contribution in [3.63, 3.8) is 0 Å². The third-order valence-corrected chi connectivity index (χ3v) is 5.40. The molecule has 0 amide bonds. The molecule has 3 nitrogen and oxygen atoms in total.